The minimum Gasteiger partial charge on any atom is -0.308 e. The molecule has 1 aromatic rings. The van der Waals surface area contributed by atoms with Gasteiger partial charge in [-0.15, -0.1) is 0 Å². The van der Waals surface area contributed by atoms with Gasteiger partial charge in [-0.05, 0) is 0 Å². The van der Waals surface area contributed by atoms with Crippen LogP contribution in [0.1, 0.15) is 16.8 Å². The molecule has 0 atom stereocenters. The average Bonchev–Trinajstić information content (AvgIpc) is 2.03. The first-order chi connectivity index (χ1) is 5.99. The second kappa shape index (κ2) is 5.25. The van der Waals surface area contributed by atoms with Crippen molar-refractivity contribution < 1.29 is 37.4 Å². The Kier molecular flexibility index (Phi) is 4.99. The molecular formula is C9H6F3OZn-. The summed E-state index contributed by atoms with van der Waals surface area (Å²) in [6.07, 6.45) is -5.85. The van der Waals surface area contributed by atoms with Crippen LogP contribution >= 0.6 is 0 Å². The molecule has 0 aliphatic carbocycles. The molecule has 0 bridgehead atoms. The second-order valence-electron chi connectivity index (χ2n) is 2.51. The maximum absolute atomic E-state index is 11.8. The molecule has 14 heavy (non-hydrogen) atoms. The Hall–Kier alpha value is -0.697. The number of hydrogen-bond acceptors (Lipinski definition) is 1. The van der Waals surface area contributed by atoms with Crippen LogP contribution in [0.4, 0.5) is 13.2 Å². The summed E-state index contributed by atoms with van der Waals surface area (Å²) in [6.45, 7) is 0. The van der Waals surface area contributed by atoms with Crippen LogP contribution in [0.2, 0.25) is 0 Å². The van der Waals surface area contributed by atoms with Crippen LogP contribution in [-0.2, 0) is 19.5 Å². The Morgan fingerprint density at radius 1 is 1.43 bits per heavy atom. The Balaban J connectivity index is 0.00000169. The largest absolute Gasteiger partial charge is 0.395 e. The summed E-state index contributed by atoms with van der Waals surface area (Å²) in [7, 11) is 0. The van der Waals surface area contributed by atoms with Crippen LogP contribution < -0.4 is 0 Å². The zero-order valence-electron chi connectivity index (χ0n) is 7.27. The van der Waals surface area contributed by atoms with Crippen molar-refractivity contribution >= 4 is 5.78 Å². The van der Waals surface area contributed by atoms with Gasteiger partial charge in [0.15, 0.2) is 0 Å². The molecule has 0 N–H and O–H groups in total. The molecule has 0 saturated heterocycles. The number of benzene rings is 1. The SMILES string of the molecule is O=C(CC(F)(F)F)c1c[c-]ccc1.[Zn]. The van der Waals surface area contributed by atoms with Gasteiger partial charge in [-0.2, -0.15) is 43.5 Å². The number of hydrogen-bond donors (Lipinski definition) is 0. The molecule has 0 aliphatic rings. The summed E-state index contributed by atoms with van der Waals surface area (Å²) < 4.78 is 35.3. The number of carbonyl (C=O) groups is 1. The average molecular weight is 253 g/mol. The van der Waals surface area contributed by atoms with Gasteiger partial charge in [-0.25, -0.2) is 0 Å². The van der Waals surface area contributed by atoms with E-state index in [9.17, 15) is 18.0 Å². The summed E-state index contributed by atoms with van der Waals surface area (Å²) in [6, 6.07) is 8.12. The summed E-state index contributed by atoms with van der Waals surface area (Å²) in [5, 5.41) is 0. The molecule has 0 radical (unpaired) electrons. The first-order valence-corrected chi connectivity index (χ1v) is 3.55. The first kappa shape index (κ1) is 13.3. The maximum Gasteiger partial charge on any atom is 0.395 e. The van der Waals surface area contributed by atoms with E-state index in [0.717, 1.165) is 0 Å². The molecule has 5 heteroatoms. The van der Waals surface area contributed by atoms with E-state index in [4.69, 9.17) is 0 Å². The van der Waals surface area contributed by atoms with E-state index >= 15 is 0 Å². The van der Waals surface area contributed by atoms with Gasteiger partial charge in [-0.1, -0.05) is 5.56 Å². The number of carbonyl (C=O) groups excluding carboxylic acids is 1. The van der Waals surface area contributed by atoms with Gasteiger partial charge in [0.2, 0.25) is 0 Å². The van der Waals surface area contributed by atoms with Crippen molar-refractivity contribution in [3.05, 3.63) is 35.9 Å². The van der Waals surface area contributed by atoms with Crippen molar-refractivity contribution in [3.63, 3.8) is 0 Å². The van der Waals surface area contributed by atoms with Crippen LogP contribution in [0.3, 0.4) is 0 Å². The number of ketones is 1. The smallest absolute Gasteiger partial charge is 0.308 e. The van der Waals surface area contributed by atoms with Crippen LogP contribution in [0.5, 0.6) is 0 Å². The van der Waals surface area contributed by atoms with E-state index in [1.54, 1.807) is 0 Å². The van der Waals surface area contributed by atoms with Gasteiger partial charge in [0.1, 0.15) is 5.78 Å². The fourth-order valence-corrected chi connectivity index (χ4v) is 0.851. The molecule has 0 fully saturated rings. The summed E-state index contributed by atoms with van der Waals surface area (Å²) in [5.74, 6) is -0.927. The molecule has 1 aromatic carbocycles. The Labute approximate surface area is 92.1 Å². The second-order valence-corrected chi connectivity index (χ2v) is 2.51. The fourth-order valence-electron chi connectivity index (χ4n) is 0.851. The molecule has 0 aromatic heterocycles. The predicted octanol–water partition coefficient (Wildman–Crippen LogP) is 2.62. The Morgan fingerprint density at radius 3 is 2.50 bits per heavy atom. The van der Waals surface area contributed by atoms with Crippen molar-refractivity contribution in [1.29, 1.82) is 0 Å². The summed E-state index contributed by atoms with van der Waals surface area (Å²) in [5.41, 5.74) is 0.0415. The fraction of sp³-hybridized carbons (Fsp3) is 0.222. The number of halogens is 3. The molecule has 0 saturated carbocycles. The van der Waals surface area contributed by atoms with Crippen molar-refractivity contribution in [1.82, 2.24) is 0 Å². The van der Waals surface area contributed by atoms with Gasteiger partial charge < -0.3 is 4.79 Å². The molecule has 72 valence electrons. The standard InChI is InChI=1S/C9H6F3O.Zn/c10-9(11,12)6-8(13)7-4-2-1-3-5-7;/h1-2,4-5H,6H2;/q-1;. The summed E-state index contributed by atoms with van der Waals surface area (Å²) >= 11 is 0. The number of alkyl halides is 3. The van der Waals surface area contributed by atoms with Crippen LogP contribution in [0.15, 0.2) is 24.3 Å². The third-order valence-corrected chi connectivity index (χ3v) is 1.39. The molecule has 0 amide bonds. The van der Waals surface area contributed by atoms with Crippen LogP contribution in [-0.4, -0.2) is 12.0 Å². The van der Waals surface area contributed by atoms with E-state index in [1.807, 2.05) is 0 Å². The van der Waals surface area contributed by atoms with Crippen LogP contribution in [0, 0.1) is 6.07 Å². The Morgan fingerprint density at radius 2 is 2.07 bits per heavy atom. The zero-order valence-corrected chi connectivity index (χ0v) is 10.2. The molecule has 1 rings (SSSR count). The van der Waals surface area contributed by atoms with E-state index in [2.05, 4.69) is 6.07 Å². The monoisotopic (exact) mass is 251 g/mol. The summed E-state index contributed by atoms with van der Waals surface area (Å²) in [4.78, 5) is 10.9. The van der Waals surface area contributed by atoms with Gasteiger partial charge >= 0.3 is 6.18 Å². The molecular weight excluding hydrogens is 246 g/mol. The van der Waals surface area contributed by atoms with Gasteiger partial charge in [0, 0.05) is 19.5 Å². The molecule has 0 unspecified atom stereocenters. The van der Waals surface area contributed by atoms with Crippen LogP contribution in [0.25, 0.3) is 0 Å². The van der Waals surface area contributed by atoms with Crippen molar-refractivity contribution in [2.45, 2.75) is 12.6 Å². The normalized spacial score (nSPS) is 10.5. The maximum atomic E-state index is 11.8. The third-order valence-electron chi connectivity index (χ3n) is 1.39. The predicted molar refractivity (Wildman–Crippen MR) is 40.3 cm³/mol. The van der Waals surface area contributed by atoms with E-state index in [0.29, 0.717) is 0 Å². The minimum atomic E-state index is -4.44. The first-order valence-electron chi connectivity index (χ1n) is 3.55. The molecule has 1 nitrogen and oxygen atoms in total. The topological polar surface area (TPSA) is 17.1 Å². The third kappa shape index (κ3) is 4.51. The quantitative estimate of drug-likeness (QED) is 0.449. The number of Topliss-reactive ketones (excluding diaryl/α,β-unsaturated/α-hetero) is 1. The van der Waals surface area contributed by atoms with E-state index < -0.39 is 18.4 Å². The zero-order chi connectivity index (χ0) is 9.90. The Bertz CT molecular complexity index is 295. The van der Waals surface area contributed by atoms with Gasteiger partial charge in [0.05, 0.1) is 6.42 Å². The van der Waals surface area contributed by atoms with Gasteiger partial charge in [-0.3, -0.25) is 0 Å². The molecule has 0 spiro atoms. The molecule has 0 heterocycles. The van der Waals surface area contributed by atoms with Gasteiger partial charge in [0.25, 0.3) is 0 Å². The van der Waals surface area contributed by atoms with Crippen molar-refractivity contribution in [2.75, 3.05) is 0 Å². The van der Waals surface area contributed by atoms with E-state index in [-0.39, 0.29) is 25.0 Å². The molecule has 0 aliphatic heterocycles. The van der Waals surface area contributed by atoms with Crippen molar-refractivity contribution in [2.24, 2.45) is 0 Å². The minimum absolute atomic E-state index is 0. The van der Waals surface area contributed by atoms with Crippen molar-refractivity contribution in [3.8, 4) is 0 Å². The van der Waals surface area contributed by atoms with E-state index in [1.165, 1.54) is 24.3 Å². The number of rotatable bonds is 2.